The van der Waals surface area contributed by atoms with Crippen LogP contribution in [0.25, 0.3) is 49.0 Å². The predicted molar refractivity (Wildman–Crippen MR) is 127 cm³/mol. The van der Waals surface area contributed by atoms with Crippen LogP contribution in [0, 0.1) is 6.92 Å². The van der Waals surface area contributed by atoms with E-state index in [9.17, 15) is 0 Å². The largest absolute Gasteiger partial charge is 0.374 e. The van der Waals surface area contributed by atoms with E-state index in [-0.39, 0.29) is 6.10 Å². The summed E-state index contributed by atoms with van der Waals surface area (Å²) in [5.74, 6) is 0. The lowest BCUT2D eigenvalue weighted by atomic mass is 9.98. The van der Waals surface area contributed by atoms with Gasteiger partial charge in [0.15, 0.2) is 6.20 Å². The Labute approximate surface area is 180 Å². The lowest BCUT2D eigenvalue weighted by Crippen LogP contribution is -2.28. The van der Waals surface area contributed by atoms with Gasteiger partial charge in [-0.05, 0) is 60.9 Å². The molecular weight excluding hydrogens is 380 g/mol. The van der Waals surface area contributed by atoms with Crippen molar-refractivity contribution in [1.82, 2.24) is 4.40 Å². The molecule has 6 aromatic rings. The average molecular weight is 406 g/mol. The summed E-state index contributed by atoms with van der Waals surface area (Å²) >= 11 is 0. The van der Waals surface area contributed by atoms with Crippen LogP contribution in [-0.2, 0) is 11.8 Å². The first-order chi connectivity index (χ1) is 15.2. The van der Waals surface area contributed by atoms with E-state index in [2.05, 4.69) is 83.7 Å². The van der Waals surface area contributed by atoms with Crippen LogP contribution in [0.15, 0.2) is 60.8 Å². The first-order valence-corrected chi connectivity index (χ1v) is 11.3. The second-order valence-electron chi connectivity index (χ2n) is 9.14. The monoisotopic (exact) mass is 405 g/mol. The van der Waals surface area contributed by atoms with Crippen molar-refractivity contribution in [3.63, 3.8) is 0 Å². The fourth-order valence-electron chi connectivity index (χ4n) is 5.86. The van der Waals surface area contributed by atoms with E-state index in [1.807, 2.05) is 0 Å². The molecule has 7 rings (SSSR count). The fourth-order valence-corrected chi connectivity index (χ4v) is 5.86. The van der Waals surface area contributed by atoms with Gasteiger partial charge in [-0.2, -0.15) is 0 Å². The number of ether oxygens (including phenoxy) is 1. The molecule has 1 aliphatic heterocycles. The second-order valence-corrected chi connectivity index (χ2v) is 9.14. The van der Waals surface area contributed by atoms with Crippen molar-refractivity contribution in [2.24, 2.45) is 7.05 Å². The van der Waals surface area contributed by atoms with Gasteiger partial charge in [0.05, 0.1) is 33.4 Å². The van der Waals surface area contributed by atoms with Crippen LogP contribution in [0.1, 0.15) is 36.5 Å². The molecule has 3 heteroatoms. The molecule has 0 spiro atoms. The minimum Gasteiger partial charge on any atom is -0.374 e. The Morgan fingerprint density at radius 3 is 2.74 bits per heavy atom. The third kappa shape index (κ3) is 2.25. The van der Waals surface area contributed by atoms with Gasteiger partial charge < -0.3 is 9.14 Å². The van der Waals surface area contributed by atoms with Gasteiger partial charge in [0, 0.05) is 23.4 Å². The molecule has 0 aliphatic carbocycles. The highest BCUT2D eigenvalue weighted by atomic mass is 16.5. The normalized spacial score (nSPS) is 17.7. The highest BCUT2D eigenvalue weighted by Crippen LogP contribution is 2.41. The topological polar surface area (TPSA) is 17.5 Å². The Hall–Kier alpha value is -3.17. The van der Waals surface area contributed by atoms with Crippen LogP contribution in [0.5, 0.6) is 0 Å². The van der Waals surface area contributed by atoms with Gasteiger partial charge in [-0.15, -0.1) is 0 Å². The van der Waals surface area contributed by atoms with Crippen LogP contribution in [-0.4, -0.2) is 11.0 Å². The molecule has 1 unspecified atom stereocenters. The molecule has 1 atom stereocenters. The van der Waals surface area contributed by atoms with E-state index in [0.717, 1.165) is 13.0 Å². The summed E-state index contributed by atoms with van der Waals surface area (Å²) in [6.45, 7) is 3.12. The maximum Gasteiger partial charge on any atom is 0.224 e. The zero-order valence-corrected chi connectivity index (χ0v) is 18.0. The van der Waals surface area contributed by atoms with Gasteiger partial charge >= 0.3 is 0 Å². The number of nitrogens with zero attached hydrogens (tertiary/aromatic N) is 2. The van der Waals surface area contributed by atoms with Crippen molar-refractivity contribution in [2.45, 2.75) is 32.3 Å². The van der Waals surface area contributed by atoms with Crippen LogP contribution < -0.4 is 4.57 Å². The lowest BCUT2D eigenvalue weighted by Gasteiger charge is -2.23. The summed E-state index contributed by atoms with van der Waals surface area (Å²) in [6.07, 6.45) is 5.97. The van der Waals surface area contributed by atoms with Crippen LogP contribution >= 0.6 is 0 Å². The van der Waals surface area contributed by atoms with E-state index in [1.165, 1.54) is 73.0 Å². The third-order valence-corrected chi connectivity index (χ3v) is 7.33. The second kappa shape index (κ2) is 6.18. The van der Waals surface area contributed by atoms with E-state index >= 15 is 0 Å². The summed E-state index contributed by atoms with van der Waals surface area (Å²) in [5, 5.41) is 6.65. The highest BCUT2D eigenvalue weighted by molar-refractivity contribution is 6.25. The number of aryl methyl sites for hydroxylation is 2. The number of hydrogen-bond acceptors (Lipinski definition) is 1. The maximum atomic E-state index is 6.12. The van der Waals surface area contributed by atoms with E-state index in [0.29, 0.717) is 0 Å². The molecule has 4 heterocycles. The first kappa shape index (κ1) is 17.5. The Balaban J connectivity index is 1.72. The maximum absolute atomic E-state index is 6.12. The molecule has 3 aromatic carbocycles. The fraction of sp³-hybridized carbons (Fsp3) is 0.250. The zero-order valence-electron chi connectivity index (χ0n) is 18.0. The number of rotatable bonds is 1. The van der Waals surface area contributed by atoms with Crippen molar-refractivity contribution in [3.05, 3.63) is 71.9 Å². The molecule has 0 N–H and O–H groups in total. The van der Waals surface area contributed by atoms with Crippen molar-refractivity contribution in [1.29, 1.82) is 0 Å². The molecule has 0 saturated carbocycles. The van der Waals surface area contributed by atoms with Gasteiger partial charge in [-0.25, -0.2) is 4.57 Å². The third-order valence-electron chi connectivity index (χ3n) is 7.33. The smallest absolute Gasteiger partial charge is 0.224 e. The molecule has 31 heavy (non-hydrogen) atoms. The molecule has 152 valence electrons. The van der Waals surface area contributed by atoms with Crippen molar-refractivity contribution < 1.29 is 9.30 Å². The van der Waals surface area contributed by atoms with Gasteiger partial charge in [0.25, 0.3) is 0 Å². The number of aromatic nitrogens is 2. The van der Waals surface area contributed by atoms with Crippen molar-refractivity contribution >= 4 is 49.0 Å². The summed E-state index contributed by atoms with van der Waals surface area (Å²) in [6, 6.07) is 20.5. The van der Waals surface area contributed by atoms with Crippen LogP contribution in [0.2, 0.25) is 0 Å². The molecule has 3 aromatic heterocycles. The minimum absolute atomic E-state index is 0.227. The van der Waals surface area contributed by atoms with Crippen molar-refractivity contribution in [2.75, 3.05) is 6.61 Å². The van der Waals surface area contributed by atoms with Gasteiger partial charge in [-0.1, -0.05) is 30.3 Å². The van der Waals surface area contributed by atoms with Gasteiger partial charge in [-0.3, -0.25) is 0 Å². The number of benzene rings is 3. The number of hydrogen-bond donors (Lipinski definition) is 0. The molecule has 1 fully saturated rings. The molecule has 0 amide bonds. The Bertz CT molecular complexity index is 1640. The Morgan fingerprint density at radius 2 is 1.87 bits per heavy atom. The standard InChI is InChI=1S/C28H25N2O/c1-17-9-11-20-21-16-19(24-8-3-4-15-31-24)10-12-22(21)30-23-7-5-6-18-13-14-29(2)28(26(18)23)25(17)27(20)30/h5-7,9-14,16,24H,3-4,8,15H2,1-2H3/q+1. The quantitative estimate of drug-likeness (QED) is 0.177. The lowest BCUT2D eigenvalue weighted by molar-refractivity contribution is -0.643. The van der Waals surface area contributed by atoms with Gasteiger partial charge in [0.2, 0.25) is 5.52 Å². The summed E-state index contributed by atoms with van der Waals surface area (Å²) in [5.41, 5.74) is 7.86. The predicted octanol–water partition coefficient (Wildman–Crippen LogP) is 6.36. The zero-order chi connectivity index (χ0) is 20.7. The summed E-state index contributed by atoms with van der Waals surface area (Å²) in [4.78, 5) is 0. The number of fused-ring (bicyclic) bond motifs is 5. The first-order valence-electron chi connectivity index (χ1n) is 11.3. The molecule has 0 bridgehead atoms. The molecule has 1 aliphatic rings. The van der Waals surface area contributed by atoms with E-state index in [4.69, 9.17) is 4.74 Å². The Morgan fingerprint density at radius 1 is 0.935 bits per heavy atom. The van der Waals surface area contributed by atoms with Crippen LogP contribution in [0.3, 0.4) is 0 Å². The van der Waals surface area contributed by atoms with E-state index in [1.54, 1.807) is 0 Å². The van der Waals surface area contributed by atoms with E-state index < -0.39 is 0 Å². The SMILES string of the molecule is Cc1ccc2c3cc(C4CCCCO4)ccc3n3c4cccc5cc[n+](C)c(c1c23)c54. The van der Waals surface area contributed by atoms with Gasteiger partial charge in [0.1, 0.15) is 7.05 Å². The summed E-state index contributed by atoms with van der Waals surface area (Å²) < 4.78 is 10.9. The van der Waals surface area contributed by atoms with Crippen molar-refractivity contribution in [3.8, 4) is 0 Å². The number of pyridine rings is 2. The molecular formula is C28H25N2O+. The highest BCUT2D eigenvalue weighted by Gasteiger charge is 2.24. The molecule has 0 radical (unpaired) electrons. The van der Waals surface area contributed by atoms with Crippen LogP contribution in [0.4, 0.5) is 0 Å². The molecule has 3 nitrogen and oxygen atoms in total. The Kier molecular flexibility index (Phi) is 3.49. The summed E-state index contributed by atoms with van der Waals surface area (Å²) in [7, 11) is 2.17. The minimum atomic E-state index is 0.227. The average Bonchev–Trinajstić information content (AvgIpc) is 3.14. The molecule has 1 saturated heterocycles.